The standard InChI is InChI=1S/C8H15NO.C2H6/c1-5(2)7-4-9-8(10)6(7)3;1-2/h5-7H,4H2,1-3H3,(H,9,10);1-2H3. The van der Waals surface area contributed by atoms with E-state index in [4.69, 9.17) is 0 Å². The lowest BCUT2D eigenvalue weighted by molar-refractivity contribution is -0.122. The van der Waals surface area contributed by atoms with Gasteiger partial charge in [0.25, 0.3) is 0 Å². The van der Waals surface area contributed by atoms with Crippen LogP contribution in [0.3, 0.4) is 0 Å². The van der Waals surface area contributed by atoms with Crippen molar-refractivity contribution >= 4 is 5.91 Å². The van der Waals surface area contributed by atoms with Gasteiger partial charge < -0.3 is 5.32 Å². The van der Waals surface area contributed by atoms with E-state index in [0.29, 0.717) is 11.8 Å². The Hall–Kier alpha value is -0.530. The molecule has 2 atom stereocenters. The molecule has 2 nitrogen and oxygen atoms in total. The highest BCUT2D eigenvalue weighted by Crippen LogP contribution is 2.24. The van der Waals surface area contributed by atoms with Gasteiger partial charge >= 0.3 is 0 Å². The van der Waals surface area contributed by atoms with E-state index in [2.05, 4.69) is 19.2 Å². The molecule has 0 aliphatic carbocycles. The van der Waals surface area contributed by atoms with E-state index < -0.39 is 0 Å². The minimum Gasteiger partial charge on any atom is -0.356 e. The van der Waals surface area contributed by atoms with E-state index in [0.717, 1.165) is 6.54 Å². The second-order valence-electron chi connectivity index (χ2n) is 3.44. The Bertz CT molecular complexity index is 143. The van der Waals surface area contributed by atoms with Crippen LogP contribution in [0.4, 0.5) is 0 Å². The van der Waals surface area contributed by atoms with Crippen LogP contribution in [0.1, 0.15) is 34.6 Å². The first-order valence-electron chi connectivity index (χ1n) is 4.90. The Morgan fingerprint density at radius 1 is 1.42 bits per heavy atom. The third-order valence-corrected chi connectivity index (χ3v) is 2.42. The first-order chi connectivity index (χ1) is 5.63. The number of hydrogen-bond acceptors (Lipinski definition) is 1. The minimum atomic E-state index is 0.221. The molecular weight excluding hydrogens is 150 g/mol. The lowest BCUT2D eigenvalue weighted by Crippen LogP contribution is -2.17. The average Bonchev–Trinajstić information content (AvgIpc) is 2.37. The molecule has 2 unspecified atom stereocenters. The second-order valence-corrected chi connectivity index (χ2v) is 3.44. The molecule has 0 spiro atoms. The molecule has 0 bridgehead atoms. The van der Waals surface area contributed by atoms with Gasteiger partial charge in [-0.2, -0.15) is 0 Å². The molecule has 0 aromatic carbocycles. The second kappa shape index (κ2) is 5.18. The number of carbonyl (C=O) groups excluding carboxylic acids is 1. The quantitative estimate of drug-likeness (QED) is 0.642. The Balaban J connectivity index is 0.000000561. The van der Waals surface area contributed by atoms with Gasteiger partial charge in [-0.3, -0.25) is 4.79 Å². The van der Waals surface area contributed by atoms with E-state index in [1.807, 2.05) is 20.8 Å². The van der Waals surface area contributed by atoms with Crippen molar-refractivity contribution in [2.24, 2.45) is 17.8 Å². The van der Waals surface area contributed by atoms with Gasteiger partial charge in [0.1, 0.15) is 0 Å². The van der Waals surface area contributed by atoms with E-state index >= 15 is 0 Å². The van der Waals surface area contributed by atoms with Crippen LogP contribution >= 0.6 is 0 Å². The van der Waals surface area contributed by atoms with Gasteiger partial charge in [-0.1, -0.05) is 34.6 Å². The highest BCUT2D eigenvalue weighted by molar-refractivity contribution is 5.80. The van der Waals surface area contributed by atoms with Crippen molar-refractivity contribution in [1.29, 1.82) is 0 Å². The predicted molar refractivity (Wildman–Crippen MR) is 51.8 cm³/mol. The van der Waals surface area contributed by atoms with Crippen LogP contribution in [-0.2, 0) is 4.79 Å². The smallest absolute Gasteiger partial charge is 0.223 e. The molecule has 0 radical (unpaired) electrons. The molecule has 1 aliphatic rings. The van der Waals surface area contributed by atoms with E-state index in [1.54, 1.807) is 0 Å². The molecule has 12 heavy (non-hydrogen) atoms. The average molecular weight is 171 g/mol. The summed E-state index contributed by atoms with van der Waals surface area (Å²) in [5.74, 6) is 1.61. The number of carbonyl (C=O) groups is 1. The molecule has 1 fully saturated rings. The largest absolute Gasteiger partial charge is 0.356 e. The molecule has 72 valence electrons. The Kier molecular flexibility index (Phi) is 4.95. The molecule has 0 aromatic heterocycles. The van der Waals surface area contributed by atoms with Crippen LogP contribution in [0.25, 0.3) is 0 Å². The molecule has 1 saturated heterocycles. The number of amides is 1. The van der Waals surface area contributed by atoms with Crippen molar-refractivity contribution in [3.63, 3.8) is 0 Å². The molecule has 2 heteroatoms. The monoisotopic (exact) mass is 171 g/mol. The van der Waals surface area contributed by atoms with Gasteiger partial charge in [0, 0.05) is 12.5 Å². The zero-order chi connectivity index (χ0) is 9.72. The molecular formula is C10H21NO. The SMILES string of the molecule is CC.CC(C)C1CNC(=O)C1C. The topological polar surface area (TPSA) is 29.1 Å². The summed E-state index contributed by atoms with van der Waals surface area (Å²) in [6, 6.07) is 0. The fourth-order valence-electron chi connectivity index (χ4n) is 1.56. The molecule has 1 N–H and O–H groups in total. The maximum Gasteiger partial charge on any atom is 0.223 e. The van der Waals surface area contributed by atoms with E-state index in [-0.39, 0.29) is 11.8 Å². The summed E-state index contributed by atoms with van der Waals surface area (Å²) in [6.07, 6.45) is 0. The molecule has 1 rings (SSSR count). The molecule has 1 aliphatic heterocycles. The van der Waals surface area contributed by atoms with Crippen LogP contribution < -0.4 is 5.32 Å². The summed E-state index contributed by atoms with van der Waals surface area (Å²) in [7, 11) is 0. The van der Waals surface area contributed by atoms with Gasteiger partial charge in [-0.15, -0.1) is 0 Å². The summed E-state index contributed by atoms with van der Waals surface area (Å²) in [5.41, 5.74) is 0. The Morgan fingerprint density at radius 2 is 1.92 bits per heavy atom. The molecule has 0 aromatic rings. The van der Waals surface area contributed by atoms with Crippen molar-refractivity contribution < 1.29 is 4.79 Å². The van der Waals surface area contributed by atoms with E-state index in [1.165, 1.54) is 0 Å². The van der Waals surface area contributed by atoms with Gasteiger partial charge in [-0.05, 0) is 11.8 Å². The summed E-state index contributed by atoms with van der Waals surface area (Å²) >= 11 is 0. The van der Waals surface area contributed by atoms with Crippen LogP contribution in [0, 0.1) is 17.8 Å². The number of hydrogen-bond donors (Lipinski definition) is 1. The summed E-state index contributed by atoms with van der Waals surface area (Å²) in [4.78, 5) is 11.0. The molecule has 0 saturated carbocycles. The Morgan fingerprint density at radius 3 is 2.08 bits per heavy atom. The minimum absolute atomic E-state index is 0.221. The first kappa shape index (κ1) is 11.5. The summed E-state index contributed by atoms with van der Waals surface area (Å²) in [5, 5.41) is 2.86. The third-order valence-electron chi connectivity index (χ3n) is 2.42. The van der Waals surface area contributed by atoms with Crippen molar-refractivity contribution in [3.05, 3.63) is 0 Å². The van der Waals surface area contributed by atoms with Gasteiger partial charge in [0.15, 0.2) is 0 Å². The highest BCUT2D eigenvalue weighted by Gasteiger charge is 2.32. The fraction of sp³-hybridized carbons (Fsp3) is 0.900. The lowest BCUT2D eigenvalue weighted by atomic mass is 9.87. The zero-order valence-corrected chi connectivity index (χ0v) is 8.85. The summed E-state index contributed by atoms with van der Waals surface area (Å²) < 4.78 is 0. The third kappa shape index (κ3) is 2.50. The maximum absolute atomic E-state index is 11.0. The molecule has 1 heterocycles. The highest BCUT2D eigenvalue weighted by atomic mass is 16.2. The van der Waals surface area contributed by atoms with Crippen LogP contribution in [0.15, 0.2) is 0 Å². The van der Waals surface area contributed by atoms with Crippen molar-refractivity contribution in [1.82, 2.24) is 5.32 Å². The normalized spacial score (nSPS) is 28.0. The van der Waals surface area contributed by atoms with Crippen molar-refractivity contribution in [2.45, 2.75) is 34.6 Å². The van der Waals surface area contributed by atoms with Crippen LogP contribution in [0.2, 0.25) is 0 Å². The summed E-state index contributed by atoms with van der Waals surface area (Å²) in [6.45, 7) is 11.2. The lowest BCUT2D eigenvalue weighted by Gasteiger charge is -2.15. The van der Waals surface area contributed by atoms with Crippen molar-refractivity contribution in [3.8, 4) is 0 Å². The first-order valence-corrected chi connectivity index (χ1v) is 4.90. The zero-order valence-electron chi connectivity index (χ0n) is 8.85. The molecule has 1 amide bonds. The van der Waals surface area contributed by atoms with E-state index in [9.17, 15) is 4.79 Å². The van der Waals surface area contributed by atoms with Crippen LogP contribution in [0.5, 0.6) is 0 Å². The number of nitrogens with one attached hydrogen (secondary N) is 1. The Labute approximate surface area is 75.7 Å². The van der Waals surface area contributed by atoms with Gasteiger partial charge in [-0.25, -0.2) is 0 Å². The van der Waals surface area contributed by atoms with Crippen LogP contribution in [-0.4, -0.2) is 12.5 Å². The van der Waals surface area contributed by atoms with Gasteiger partial charge in [0.2, 0.25) is 5.91 Å². The maximum atomic E-state index is 11.0. The van der Waals surface area contributed by atoms with Crippen molar-refractivity contribution in [2.75, 3.05) is 6.54 Å². The fourth-order valence-corrected chi connectivity index (χ4v) is 1.56. The number of rotatable bonds is 1. The predicted octanol–water partition coefficient (Wildman–Crippen LogP) is 2.05. The van der Waals surface area contributed by atoms with Gasteiger partial charge in [0.05, 0.1) is 0 Å².